The summed E-state index contributed by atoms with van der Waals surface area (Å²) in [5.41, 5.74) is 1.16. The Morgan fingerprint density at radius 1 is 0.429 bits per heavy atom. The van der Waals surface area contributed by atoms with Gasteiger partial charge in [-0.25, -0.2) is 0 Å². The summed E-state index contributed by atoms with van der Waals surface area (Å²) < 4.78 is 48.6. The average Bonchev–Trinajstić information content (AvgIpc) is 2.89. The summed E-state index contributed by atoms with van der Waals surface area (Å²) in [5, 5.41) is 0. The topological polar surface area (TPSA) is 83.1 Å². The van der Waals surface area contributed by atoms with E-state index < -0.39 is 0 Å². The van der Waals surface area contributed by atoms with Crippen molar-refractivity contribution < 1.29 is 42.6 Å². The highest BCUT2D eigenvalue weighted by Gasteiger charge is 1.96. The van der Waals surface area contributed by atoms with Crippen molar-refractivity contribution in [2.75, 3.05) is 112 Å². The summed E-state index contributed by atoms with van der Waals surface area (Å²) in [6.07, 6.45) is 5.07. The standard InChI is InChI=1S/C26H42O9/c1-2-8-27-9-10-28-11-12-29-13-14-30-15-16-31-17-18-32-19-20-33-21-22-34-23-24-35-25-26-6-4-3-5-7-26/h1,3-7H,8-25H2. The van der Waals surface area contributed by atoms with E-state index in [-0.39, 0.29) is 0 Å². The van der Waals surface area contributed by atoms with Gasteiger partial charge < -0.3 is 42.6 Å². The van der Waals surface area contributed by atoms with Crippen molar-refractivity contribution in [3.05, 3.63) is 35.9 Å². The lowest BCUT2D eigenvalue weighted by Crippen LogP contribution is -2.15. The van der Waals surface area contributed by atoms with Gasteiger partial charge in [-0.2, -0.15) is 0 Å². The second kappa shape index (κ2) is 27.0. The molecule has 0 aliphatic carbocycles. The lowest BCUT2D eigenvalue weighted by atomic mass is 10.2. The SMILES string of the molecule is C#CCOCCOCCOCCOCCOCCOCCOCCOCCOCc1ccccc1. The van der Waals surface area contributed by atoms with Crippen molar-refractivity contribution in [3.8, 4) is 12.3 Å². The van der Waals surface area contributed by atoms with Crippen LogP contribution in [0.25, 0.3) is 0 Å². The Labute approximate surface area is 210 Å². The van der Waals surface area contributed by atoms with E-state index in [9.17, 15) is 0 Å². The molecular weight excluding hydrogens is 456 g/mol. The Morgan fingerprint density at radius 3 is 1.09 bits per heavy atom. The van der Waals surface area contributed by atoms with E-state index in [2.05, 4.69) is 5.92 Å². The van der Waals surface area contributed by atoms with E-state index in [0.717, 1.165) is 5.56 Å². The second-order valence-electron chi connectivity index (χ2n) is 7.08. The van der Waals surface area contributed by atoms with Crippen molar-refractivity contribution >= 4 is 0 Å². The molecule has 1 aromatic rings. The third-order valence-electron chi connectivity index (χ3n) is 4.27. The minimum Gasteiger partial charge on any atom is -0.377 e. The van der Waals surface area contributed by atoms with Crippen LogP contribution in [0, 0.1) is 12.3 Å². The van der Waals surface area contributed by atoms with Crippen LogP contribution in [0.1, 0.15) is 5.56 Å². The predicted molar refractivity (Wildman–Crippen MR) is 131 cm³/mol. The Morgan fingerprint density at radius 2 is 0.743 bits per heavy atom. The van der Waals surface area contributed by atoms with Crippen LogP contribution >= 0.6 is 0 Å². The van der Waals surface area contributed by atoms with Gasteiger partial charge in [0.05, 0.1) is 112 Å². The van der Waals surface area contributed by atoms with E-state index >= 15 is 0 Å². The van der Waals surface area contributed by atoms with Gasteiger partial charge in [-0.3, -0.25) is 0 Å². The minimum absolute atomic E-state index is 0.313. The molecular formula is C26H42O9. The van der Waals surface area contributed by atoms with Gasteiger partial charge in [-0.05, 0) is 5.56 Å². The second-order valence-corrected chi connectivity index (χ2v) is 7.08. The summed E-state index contributed by atoms with van der Waals surface area (Å²) in [6.45, 7) is 9.35. The molecule has 0 bridgehead atoms. The number of ether oxygens (including phenoxy) is 9. The van der Waals surface area contributed by atoms with Crippen LogP contribution in [0.2, 0.25) is 0 Å². The smallest absolute Gasteiger partial charge is 0.107 e. The molecule has 1 aromatic carbocycles. The molecule has 0 fully saturated rings. The first kappa shape index (κ1) is 31.4. The van der Waals surface area contributed by atoms with E-state index in [1.165, 1.54) is 0 Å². The number of rotatable bonds is 27. The molecule has 1 rings (SSSR count). The van der Waals surface area contributed by atoms with E-state index in [4.69, 9.17) is 49.1 Å². The molecule has 200 valence electrons. The third-order valence-corrected chi connectivity index (χ3v) is 4.27. The highest BCUT2D eigenvalue weighted by atomic mass is 16.6. The number of benzene rings is 1. The maximum absolute atomic E-state index is 5.55. The summed E-state index contributed by atoms with van der Waals surface area (Å²) in [4.78, 5) is 0. The number of hydrogen-bond acceptors (Lipinski definition) is 9. The highest BCUT2D eigenvalue weighted by Crippen LogP contribution is 1.99. The molecule has 0 heterocycles. The van der Waals surface area contributed by atoms with Crippen molar-refractivity contribution in [2.24, 2.45) is 0 Å². The first-order chi connectivity index (χ1) is 17.4. The molecule has 0 radical (unpaired) electrons. The molecule has 0 unspecified atom stereocenters. The maximum atomic E-state index is 5.55. The fourth-order valence-corrected chi connectivity index (χ4v) is 2.55. The molecule has 9 heteroatoms. The molecule has 0 aromatic heterocycles. The molecule has 0 saturated carbocycles. The molecule has 9 nitrogen and oxygen atoms in total. The van der Waals surface area contributed by atoms with Crippen molar-refractivity contribution in [1.82, 2.24) is 0 Å². The zero-order valence-corrected chi connectivity index (χ0v) is 20.9. The molecule has 35 heavy (non-hydrogen) atoms. The summed E-state index contributed by atoms with van der Waals surface area (Å²) in [7, 11) is 0. The summed E-state index contributed by atoms with van der Waals surface area (Å²) in [5.74, 6) is 2.40. The first-order valence-corrected chi connectivity index (χ1v) is 12.1. The first-order valence-electron chi connectivity index (χ1n) is 12.1. The average molecular weight is 499 g/mol. The molecule has 0 N–H and O–H groups in total. The Kier molecular flexibility index (Phi) is 24.3. The summed E-state index contributed by atoms with van der Waals surface area (Å²) >= 11 is 0. The lowest BCUT2D eigenvalue weighted by molar-refractivity contribution is -0.0249. The van der Waals surface area contributed by atoms with Gasteiger partial charge in [0, 0.05) is 0 Å². The maximum Gasteiger partial charge on any atom is 0.107 e. The van der Waals surface area contributed by atoms with Gasteiger partial charge in [0.15, 0.2) is 0 Å². The quantitative estimate of drug-likeness (QED) is 0.134. The van der Waals surface area contributed by atoms with Gasteiger partial charge in [-0.1, -0.05) is 36.3 Å². The van der Waals surface area contributed by atoms with Gasteiger partial charge in [0.25, 0.3) is 0 Å². The number of terminal acetylenes is 1. The lowest BCUT2D eigenvalue weighted by Gasteiger charge is -2.08. The summed E-state index contributed by atoms with van der Waals surface area (Å²) in [6, 6.07) is 10.1. The van der Waals surface area contributed by atoms with E-state index in [0.29, 0.717) is 119 Å². The van der Waals surface area contributed by atoms with E-state index in [1.54, 1.807) is 0 Å². The molecule has 0 aliphatic heterocycles. The Balaban J connectivity index is 1.63. The molecule has 0 atom stereocenters. The molecule has 0 spiro atoms. The van der Waals surface area contributed by atoms with E-state index in [1.807, 2.05) is 30.3 Å². The van der Waals surface area contributed by atoms with Crippen LogP contribution in [0.5, 0.6) is 0 Å². The van der Waals surface area contributed by atoms with Crippen LogP contribution in [0.15, 0.2) is 30.3 Å². The predicted octanol–water partition coefficient (Wildman–Crippen LogP) is 1.97. The van der Waals surface area contributed by atoms with Crippen LogP contribution < -0.4 is 0 Å². The van der Waals surface area contributed by atoms with Crippen molar-refractivity contribution in [2.45, 2.75) is 6.61 Å². The normalized spacial score (nSPS) is 11.1. The van der Waals surface area contributed by atoms with Crippen LogP contribution in [0.4, 0.5) is 0 Å². The van der Waals surface area contributed by atoms with Crippen LogP contribution in [-0.4, -0.2) is 112 Å². The van der Waals surface area contributed by atoms with Gasteiger partial charge in [0.1, 0.15) is 6.61 Å². The fraction of sp³-hybridized carbons (Fsp3) is 0.692. The van der Waals surface area contributed by atoms with Crippen LogP contribution in [-0.2, 0) is 49.2 Å². The molecule has 0 aliphatic rings. The molecule has 0 amide bonds. The number of hydrogen-bond donors (Lipinski definition) is 0. The Hall–Kier alpha value is -1.58. The fourth-order valence-electron chi connectivity index (χ4n) is 2.55. The molecule has 0 saturated heterocycles. The van der Waals surface area contributed by atoms with Gasteiger partial charge >= 0.3 is 0 Å². The Bertz CT molecular complexity index is 580. The minimum atomic E-state index is 0.313. The zero-order chi connectivity index (χ0) is 24.9. The largest absolute Gasteiger partial charge is 0.377 e. The van der Waals surface area contributed by atoms with Gasteiger partial charge in [-0.15, -0.1) is 6.42 Å². The monoisotopic (exact) mass is 498 g/mol. The van der Waals surface area contributed by atoms with Crippen LogP contribution in [0.3, 0.4) is 0 Å². The van der Waals surface area contributed by atoms with Gasteiger partial charge in [0.2, 0.25) is 0 Å². The van der Waals surface area contributed by atoms with Crippen molar-refractivity contribution in [3.63, 3.8) is 0 Å². The zero-order valence-electron chi connectivity index (χ0n) is 20.9. The van der Waals surface area contributed by atoms with Crippen molar-refractivity contribution in [1.29, 1.82) is 0 Å². The highest BCUT2D eigenvalue weighted by molar-refractivity contribution is 5.13. The third kappa shape index (κ3) is 23.9.